The highest BCUT2D eigenvalue weighted by atomic mass is 32.2. The Morgan fingerprint density at radius 3 is 2.59 bits per heavy atom. The molecule has 29 heavy (non-hydrogen) atoms. The summed E-state index contributed by atoms with van der Waals surface area (Å²) < 4.78 is 44.4. The lowest BCUT2D eigenvalue weighted by molar-refractivity contribution is 0.171. The number of aromatic nitrogens is 2. The second-order valence-corrected chi connectivity index (χ2v) is 7.86. The lowest BCUT2D eigenvalue weighted by Gasteiger charge is -2.19. The van der Waals surface area contributed by atoms with Crippen LogP contribution in [0.2, 0.25) is 0 Å². The number of hydrogen-bond donors (Lipinski definition) is 1. The van der Waals surface area contributed by atoms with Crippen molar-refractivity contribution in [3.8, 4) is 28.6 Å². The minimum Gasteiger partial charge on any atom is -0.486 e. The Bertz CT molecular complexity index is 1120. The second-order valence-electron chi connectivity index (χ2n) is 6.18. The van der Waals surface area contributed by atoms with Gasteiger partial charge in [-0.2, -0.15) is 0 Å². The van der Waals surface area contributed by atoms with Crippen LogP contribution in [0, 0.1) is 0 Å². The van der Waals surface area contributed by atoms with Gasteiger partial charge in [-0.05, 0) is 37.3 Å². The maximum Gasteiger partial charge on any atom is 0.262 e. The van der Waals surface area contributed by atoms with Crippen molar-refractivity contribution in [3.05, 3.63) is 54.6 Å². The van der Waals surface area contributed by atoms with Crippen LogP contribution in [0.1, 0.15) is 6.92 Å². The fourth-order valence-corrected chi connectivity index (χ4v) is 3.91. The van der Waals surface area contributed by atoms with Crippen LogP contribution in [-0.2, 0) is 10.0 Å². The Kier molecular flexibility index (Phi) is 5.22. The number of benzene rings is 2. The smallest absolute Gasteiger partial charge is 0.262 e. The molecule has 0 aliphatic carbocycles. The molecule has 0 fully saturated rings. The molecule has 1 N–H and O–H groups in total. The summed E-state index contributed by atoms with van der Waals surface area (Å²) in [6.07, 6.45) is 0. The normalized spacial score (nSPS) is 13.0. The van der Waals surface area contributed by atoms with Crippen LogP contribution in [0.4, 0.5) is 5.69 Å². The van der Waals surface area contributed by atoms with E-state index >= 15 is 0 Å². The Morgan fingerprint density at radius 2 is 1.83 bits per heavy atom. The first-order valence-electron chi connectivity index (χ1n) is 9.04. The van der Waals surface area contributed by atoms with Gasteiger partial charge in [-0.3, -0.25) is 4.72 Å². The largest absolute Gasteiger partial charge is 0.486 e. The Labute approximate surface area is 168 Å². The quantitative estimate of drug-likeness (QED) is 0.663. The monoisotopic (exact) mass is 413 g/mol. The molecule has 0 unspecified atom stereocenters. The fraction of sp³-hybridized carbons (Fsp3) is 0.200. The van der Waals surface area contributed by atoms with E-state index in [-0.39, 0.29) is 4.90 Å². The van der Waals surface area contributed by atoms with Crippen molar-refractivity contribution in [3.63, 3.8) is 0 Å². The molecule has 4 rings (SSSR count). The van der Waals surface area contributed by atoms with Crippen LogP contribution < -0.4 is 18.9 Å². The molecule has 0 saturated heterocycles. The SMILES string of the molecule is CCOc1ccc(-c2cccc(NS(=O)(=O)c3ccc4c(c3)OCCO4)c2)nn1. The standard InChI is InChI=1S/C20H19N3O5S/c1-2-26-20-9-7-17(21-22-20)14-4-3-5-15(12-14)23-29(24,25)16-6-8-18-19(13-16)28-11-10-27-18/h3-9,12-13,23H,2,10-11H2,1H3. The number of nitrogens with one attached hydrogen (secondary N) is 1. The van der Waals surface area contributed by atoms with Gasteiger partial charge in [0.25, 0.3) is 10.0 Å². The van der Waals surface area contributed by atoms with Gasteiger partial charge in [-0.1, -0.05) is 12.1 Å². The van der Waals surface area contributed by atoms with Crippen molar-refractivity contribution in [1.29, 1.82) is 0 Å². The van der Waals surface area contributed by atoms with E-state index in [1.165, 1.54) is 12.1 Å². The van der Waals surface area contributed by atoms with Crippen molar-refractivity contribution in [2.24, 2.45) is 0 Å². The van der Waals surface area contributed by atoms with Gasteiger partial charge >= 0.3 is 0 Å². The summed E-state index contributed by atoms with van der Waals surface area (Å²) in [5.74, 6) is 1.38. The van der Waals surface area contributed by atoms with Crippen molar-refractivity contribution in [2.75, 3.05) is 24.5 Å². The molecule has 0 bridgehead atoms. The van der Waals surface area contributed by atoms with Crippen LogP contribution in [-0.4, -0.2) is 38.4 Å². The van der Waals surface area contributed by atoms with Crippen LogP contribution in [0.15, 0.2) is 59.5 Å². The van der Waals surface area contributed by atoms with Gasteiger partial charge in [0.15, 0.2) is 11.5 Å². The van der Waals surface area contributed by atoms with Crippen molar-refractivity contribution < 1.29 is 22.6 Å². The van der Waals surface area contributed by atoms with Crippen LogP contribution in [0.3, 0.4) is 0 Å². The predicted octanol–water partition coefficient (Wildman–Crippen LogP) is 3.11. The van der Waals surface area contributed by atoms with E-state index in [1.807, 2.05) is 13.0 Å². The average molecular weight is 413 g/mol. The molecule has 1 aromatic heterocycles. The summed E-state index contributed by atoms with van der Waals surface area (Å²) >= 11 is 0. The van der Waals surface area contributed by atoms with E-state index < -0.39 is 10.0 Å². The van der Waals surface area contributed by atoms with Gasteiger partial charge in [0, 0.05) is 23.4 Å². The Morgan fingerprint density at radius 1 is 1.00 bits per heavy atom. The minimum atomic E-state index is -3.80. The molecule has 3 aromatic rings. The summed E-state index contributed by atoms with van der Waals surface area (Å²) in [5, 5.41) is 8.13. The zero-order valence-electron chi connectivity index (χ0n) is 15.7. The number of fused-ring (bicyclic) bond motifs is 1. The maximum atomic E-state index is 12.8. The van der Waals surface area contributed by atoms with Crippen molar-refractivity contribution >= 4 is 15.7 Å². The Balaban J connectivity index is 1.57. The van der Waals surface area contributed by atoms with Gasteiger partial charge < -0.3 is 14.2 Å². The minimum absolute atomic E-state index is 0.0908. The predicted molar refractivity (Wildman–Crippen MR) is 107 cm³/mol. The molecule has 8 nitrogen and oxygen atoms in total. The molecule has 2 aromatic carbocycles. The summed E-state index contributed by atoms with van der Waals surface area (Å²) in [6, 6.07) is 15.0. The number of anilines is 1. The number of ether oxygens (including phenoxy) is 3. The summed E-state index contributed by atoms with van der Waals surface area (Å²) in [7, 11) is -3.80. The van der Waals surface area contributed by atoms with Crippen molar-refractivity contribution in [1.82, 2.24) is 10.2 Å². The van der Waals surface area contributed by atoms with E-state index in [0.29, 0.717) is 48.6 Å². The van der Waals surface area contributed by atoms with E-state index in [4.69, 9.17) is 14.2 Å². The average Bonchev–Trinajstić information content (AvgIpc) is 2.74. The third kappa shape index (κ3) is 4.24. The molecule has 0 spiro atoms. The first-order chi connectivity index (χ1) is 14.0. The van der Waals surface area contributed by atoms with Gasteiger partial charge in [0.05, 0.1) is 17.2 Å². The molecule has 9 heteroatoms. The maximum absolute atomic E-state index is 12.8. The molecule has 0 saturated carbocycles. The zero-order chi connectivity index (χ0) is 20.3. The van der Waals surface area contributed by atoms with Gasteiger partial charge in [0.2, 0.25) is 5.88 Å². The van der Waals surface area contributed by atoms with E-state index in [1.54, 1.807) is 36.4 Å². The highest BCUT2D eigenvalue weighted by Crippen LogP contribution is 2.33. The highest BCUT2D eigenvalue weighted by molar-refractivity contribution is 7.92. The highest BCUT2D eigenvalue weighted by Gasteiger charge is 2.19. The fourth-order valence-electron chi connectivity index (χ4n) is 2.85. The van der Waals surface area contributed by atoms with Gasteiger partial charge in [-0.25, -0.2) is 8.42 Å². The number of sulfonamides is 1. The van der Waals surface area contributed by atoms with Gasteiger partial charge in [0.1, 0.15) is 13.2 Å². The molecule has 0 radical (unpaired) electrons. The lowest BCUT2D eigenvalue weighted by atomic mass is 10.1. The van der Waals surface area contributed by atoms with E-state index in [0.717, 1.165) is 5.56 Å². The molecular formula is C20H19N3O5S. The molecule has 0 atom stereocenters. The van der Waals surface area contributed by atoms with E-state index in [2.05, 4.69) is 14.9 Å². The van der Waals surface area contributed by atoms with E-state index in [9.17, 15) is 8.42 Å². The van der Waals surface area contributed by atoms with Crippen LogP contribution in [0.25, 0.3) is 11.3 Å². The zero-order valence-corrected chi connectivity index (χ0v) is 16.5. The van der Waals surface area contributed by atoms with Crippen molar-refractivity contribution in [2.45, 2.75) is 11.8 Å². The summed E-state index contributed by atoms with van der Waals surface area (Å²) in [6.45, 7) is 3.20. The third-order valence-corrected chi connectivity index (χ3v) is 5.55. The molecular weight excluding hydrogens is 394 g/mol. The molecule has 0 amide bonds. The molecule has 1 aliphatic rings. The second kappa shape index (κ2) is 7.96. The lowest BCUT2D eigenvalue weighted by Crippen LogP contribution is -2.17. The van der Waals surface area contributed by atoms with Crippen LogP contribution in [0.5, 0.6) is 17.4 Å². The molecule has 150 valence electrons. The number of nitrogens with zero attached hydrogens (tertiary/aromatic N) is 2. The topological polar surface area (TPSA) is 99.6 Å². The number of hydrogen-bond acceptors (Lipinski definition) is 7. The first kappa shape index (κ1) is 19.0. The first-order valence-corrected chi connectivity index (χ1v) is 10.5. The summed E-state index contributed by atoms with van der Waals surface area (Å²) in [4.78, 5) is 0.0908. The number of rotatable bonds is 6. The Hall–Kier alpha value is -3.33. The summed E-state index contributed by atoms with van der Waals surface area (Å²) in [5.41, 5.74) is 1.74. The van der Waals surface area contributed by atoms with Crippen LogP contribution >= 0.6 is 0 Å². The van der Waals surface area contributed by atoms with Gasteiger partial charge in [-0.15, -0.1) is 10.2 Å². The molecule has 2 heterocycles. The molecule has 1 aliphatic heterocycles. The third-order valence-electron chi connectivity index (χ3n) is 4.17.